The summed E-state index contributed by atoms with van der Waals surface area (Å²) in [5, 5.41) is 10.8. The van der Waals surface area contributed by atoms with Gasteiger partial charge in [0.1, 0.15) is 18.2 Å². The highest BCUT2D eigenvalue weighted by Crippen LogP contribution is 2.44. The zero-order valence-electron chi connectivity index (χ0n) is 15.3. The van der Waals surface area contributed by atoms with Crippen LogP contribution in [0.4, 0.5) is 5.69 Å². The maximum absolute atomic E-state index is 12.9. The second-order valence-corrected chi connectivity index (χ2v) is 7.41. The number of allylic oxidation sites excluding steroid dienone is 1. The number of ether oxygens (including phenoxy) is 2. The third-order valence-electron chi connectivity index (χ3n) is 5.43. The van der Waals surface area contributed by atoms with Crippen LogP contribution in [-0.4, -0.2) is 28.4 Å². The molecular formula is C21H18N2O5. The van der Waals surface area contributed by atoms with Gasteiger partial charge >= 0.3 is 0 Å². The summed E-state index contributed by atoms with van der Waals surface area (Å²) in [5.74, 6) is 1.38. The molecule has 0 N–H and O–H groups in total. The minimum atomic E-state index is -0.456. The van der Waals surface area contributed by atoms with Gasteiger partial charge in [0, 0.05) is 35.8 Å². The summed E-state index contributed by atoms with van der Waals surface area (Å²) >= 11 is 0. The average Bonchev–Trinajstić information content (AvgIpc) is 3.49. The van der Waals surface area contributed by atoms with Crippen molar-refractivity contribution in [3.05, 3.63) is 68.5 Å². The smallest absolute Gasteiger partial charge is 0.269 e. The number of non-ortho nitro benzene ring substituents is 1. The average molecular weight is 378 g/mol. The Bertz CT molecular complexity index is 1040. The van der Waals surface area contributed by atoms with E-state index in [1.165, 1.54) is 25.0 Å². The first-order chi connectivity index (χ1) is 13.5. The van der Waals surface area contributed by atoms with Gasteiger partial charge < -0.3 is 9.47 Å². The Balaban J connectivity index is 1.47. The quantitative estimate of drug-likeness (QED) is 0.459. The fraction of sp³-hybridized carbons (Fsp3) is 0.286. The van der Waals surface area contributed by atoms with Gasteiger partial charge in [-0.2, -0.15) is 0 Å². The van der Waals surface area contributed by atoms with E-state index in [-0.39, 0.29) is 17.2 Å². The van der Waals surface area contributed by atoms with Crippen LogP contribution in [0, 0.1) is 17.0 Å². The van der Waals surface area contributed by atoms with Gasteiger partial charge in [0.05, 0.1) is 10.5 Å². The predicted octanol–water partition coefficient (Wildman–Crippen LogP) is 3.83. The van der Waals surface area contributed by atoms with Crippen LogP contribution in [-0.2, 0) is 6.54 Å². The molecule has 3 aliphatic rings. The van der Waals surface area contributed by atoms with Crippen molar-refractivity contribution >= 4 is 17.5 Å². The lowest BCUT2D eigenvalue weighted by Gasteiger charge is -2.30. The topological polar surface area (TPSA) is 81.9 Å². The van der Waals surface area contributed by atoms with Crippen LogP contribution in [0.15, 0.2) is 36.1 Å². The Hall–Kier alpha value is -3.19. The Morgan fingerprint density at radius 1 is 1.21 bits per heavy atom. The SMILES string of the molecule is Cc1c2c(cc3c1O/C(=C\c1ccc([N+](=O)[O-])cc1)C3=O)CN(C1CC1)CO2. The zero-order valence-corrected chi connectivity index (χ0v) is 15.3. The monoisotopic (exact) mass is 378 g/mol. The van der Waals surface area contributed by atoms with Crippen molar-refractivity contribution in [2.24, 2.45) is 0 Å². The molecule has 0 unspecified atom stereocenters. The van der Waals surface area contributed by atoms with E-state index in [1.807, 2.05) is 13.0 Å². The molecule has 0 spiro atoms. The summed E-state index contributed by atoms with van der Waals surface area (Å²) in [4.78, 5) is 25.5. The number of benzene rings is 2. The van der Waals surface area contributed by atoms with Gasteiger partial charge in [-0.1, -0.05) is 0 Å². The molecule has 7 nitrogen and oxygen atoms in total. The van der Waals surface area contributed by atoms with E-state index in [1.54, 1.807) is 18.2 Å². The number of nitrogens with zero attached hydrogens (tertiary/aromatic N) is 2. The number of hydrogen-bond donors (Lipinski definition) is 0. The van der Waals surface area contributed by atoms with Gasteiger partial charge in [-0.05, 0) is 49.6 Å². The van der Waals surface area contributed by atoms with Crippen LogP contribution in [0.25, 0.3) is 6.08 Å². The number of ketones is 1. The van der Waals surface area contributed by atoms with Gasteiger partial charge in [0.15, 0.2) is 5.76 Å². The number of nitro groups is 1. The normalized spacial score (nSPS) is 19.8. The largest absolute Gasteiger partial charge is 0.477 e. The summed E-state index contributed by atoms with van der Waals surface area (Å²) in [6, 6.07) is 8.47. The van der Waals surface area contributed by atoms with Crippen molar-refractivity contribution in [1.29, 1.82) is 0 Å². The van der Waals surface area contributed by atoms with Gasteiger partial charge in [0.25, 0.3) is 5.69 Å². The minimum Gasteiger partial charge on any atom is -0.477 e. The number of rotatable bonds is 3. The van der Waals surface area contributed by atoms with Crippen LogP contribution < -0.4 is 9.47 Å². The van der Waals surface area contributed by atoms with Crippen LogP contribution >= 0.6 is 0 Å². The molecular weight excluding hydrogens is 360 g/mol. The van der Waals surface area contributed by atoms with Crippen LogP contribution in [0.3, 0.4) is 0 Å². The number of fused-ring (bicyclic) bond motifs is 2. The molecule has 0 bridgehead atoms. The molecule has 142 valence electrons. The number of hydrogen-bond acceptors (Lipinski definition) is 6. The van der Waals surface area contributed by atoms with Gasteiger partial charge in [-0.15, -0.1) is 0 Å². The van der Waals surface area contributed by atoms with Gasteiger partial charge in [0.2, 0.25) is 5.78 Å². The lowest BCUT2D eigenvalue weighted by Crippen LogP contribution is -2.34. The van der Waals surface area contributed by atoms with E-state index >= 15 is 0 Å². The Morgan fingerprint density at radius 2 is 1.96 bits per heavy atom. The first-order valence-corrected chi connectivity index (χ1v) is 9.23. The Kier molecular flexibility index (Phi) is 3.73. The summed E-state index contributed by atoms with van der Waals surface area (Å²) in [6.07, 6.45) is 4.02. The molecule has 0 radical (unpaired) electrons. The molecule has 2 aliphatic heterocycles. The number of Topliss-reactive ketones (excluding diaryl/α,β-unsaturated/α-hetero) is 1. The number of carbonyl (C=O) groups is 1. The summed E-state index contributed by atoms with van der Waals surface area (Å²) < 4.78 is 11.8. The summed E-state index contributed by atoms with van der Waals surface area (Å²) in [5.41, 5.74) is 3.07. The van der Waals surface area contributed by atoms with Crippen molar-refractivity contribution in [1.82, 2.24) is 4.90 Å². The molecule has 2 aromatic carbocycles. The molecule has 7 heteroatoms. The highest BCUT2D eigenvalue weighted by molar-refractivity contribution is 6.15. The van der Waals surface area contributed by atoms with Gasteiger partial charge in [-0.3, -0.25) is 19.8 Å². The molecule has 0 saturated heterocycles. The van der Waals surface area contributed by atoms with Crippen LogP contribution in [0.1, 0.15) is 39.9 Å². The molecule has 28 heavy (non-hydrogen) atoms. The molecule has 1 saturated carbocycles. The summed E-state index contributed by atoms with van der Waals surface area (Å²) in [7, 11) is 0. The van der Waals surface area contributed by atoms with Crippen molar-refractivity contribution < 1.29 is 19.2 Å². The maximum Gasteiger partial charge on any atom is 0.269 e. The number of nitro benzene ring substituents is 1. The van der Waals surface area contributed by atoms with E-state index in [4.69, 9.17) is 9.47 Å². The van der Waals surface area contributed by atoms with E-state index in [0.29, 0.717) is 29.6 Å². The lowest BCUT2D eigenvalue weighted by atomic mass is 10.00. The van der Waals surface area contributed by atoms with E-state index < -0.39 is 4.92 Å². The molecule has 2 heterocycles. The summed E-state index contributed by atoms with van der Waals surface area (Å²) in [6.45, 7) is 3.26. The molecule has 2 aromatic rings. The first kappa shape index (κ1) is 16.9. The molecule has 1 fully saturated rings. The highest BCUT2D eigenvalue weighted by atomic mass is 16.6. The van der Waals surface area contributed by atoms with Crippen molar-refractivity contribution in [2.75, 3.05) is 6.73 Å². The molecule has 0 amide bonds. The van der Waals surface area contributed by atoms with E-state index in [0.717, 1.165) is 23.4 Å². The fourth-order valence-electron chi connectivity index (χ4n) is 3.78. The second-order valence-electron chi connectivity index (χ2n) is 7.41. The standard InChI is InChI=1S/C21H18N2O5/c1-12-20-14(10-22(11-27-20)15-6-7-15)9-17-19(24)18(28-21(12)17)8-13-2-4-16(5-3-13)23(25)26/h2-5,8-9,15H,6-7,10-11H2,1H3/b18-8-. The van der Waals surface area contributed by atoms with E-state index in [9.17, 15) is 14.9 Å². The predicted molar refractivity (Wildman–Crippen MR) is 101 cm³/mol. The molecule has 5 rings (SSSR count). The van der Waals surface area contributed by atoms with E-state index in [2.05, 4.69) is 4.90 Å². The van der Waals surface area contributed by atoms with Crippen molar-refractivity contribution in [3.63, 3.8) is 0 Å². The highest BCUT2D eigenvalue weighted by Gasteiger charge is 2.36. The zero-order chi connectivity index (χ0) is 19.4. The van der Waals surface area contributed by atoms with Crippen LogP contribution in [0.5, 0.6) is 11.5 Å². The Morgan fingerprint density at radius 3 is 2.64 bits per heavy atom. The molecule has 1 aliphatic carbocycles. The number of carbonyl (C=O) groups excluding carboxylic acids is 1. The third-order valence-corrected chi connectivity index (χ3v) is 5.43. The van der Waals surface area contributed by atoms with Crippen molar-refractivity contribution in [3.8, 4) is 11.5 Å². The first-order valence-electron chi connectivity index (χ1n) is 9.23. The molecule has 0 atom stereocenters. The third kappa shape index (κ3) is 2.75. The van der Waals surface area contributed by atoms with Crippen LogP contribution in [0.2, 0.25) is 0 Å². The van der Waals surface area contributed by atoms with Gasteiger partial charge in [-0.25, -0.2) is 0 Å². The maximum atomic E-state index is 12.9. The Labute approximate surface area is 161 Å². The molecule has 0 aromatic heterocycles. The minimum absolute atomic E-state index is 0.00462. The second kappa shape index (κ2) is 6.17. The lowest BCUT2D eigenvalue weighted by molar-refractivity contribution is -0.384. The fourth-order valence-corrected chi connectivity index (χ4v) is 3.78. The van der Waals surface area contributed by atoms with Crippen molar-refractivity contribution in [2.45, 2.75) is 32.4 Å².